The number of amides is 1. The van der Waals surface area contributed by atoms with Crippen molar-refractivity contribution in [1.29, 1.82) is 5.26 Å². The SMILES string of the molecule is N#Cc1ccc(CN2CCC(NC(=O)c3nc4ccc(OC5CCN(c6ccc(C(F)(F)F)cc6)CC5)cc4s3)CC2)cc1. The number of anilines is 1. The van der Waals surface area contributed by atoms with Gasteiger partial charge in [-0.25, -0.2) is 4.98 Å². The molecule has 7 nitrogen and oxygen atoms in total. The maximum Gasteiger partial charge on any atom is 0.416 e. The number of benzene rings is 3. The standard InChI is InChI=1S/C33H32F3N5O2S/c34-33(35,36)24-5-7-26(8-6-24)41-17-13-27(14-18-41)43-28-9-10-29-30(19-28)44-32(39-29)31(42)38-25-11-15-40(16-12-25)21-23-3-1-22(20-37)2-4-23/h1-10,19,25,27H,11-18,21H2,(H,38,42). The summed E-state index contributed by atoms with van der Waals surface area (Å²) in [6, 6.07) is 20.9. The fourth-order valence-electron chi connectivity index (χ4n) is 5.79. The first-order valence-corrected chi connectivity index (χ1v) is 15.6. The van der Waals surface area contributed by atoms with Crippen LogP contribution < -0.4 is 15.0 Å². The van der Waals surface area contributed by atoms with Gasteiger partial charge in [-0.1, -0.05) is 12.1 Å². The number of nitrogens with zero attached hydrogens (tertiary/aromatic N) is 4. The van der Waals surface area contributed by atoms with E-state index in [0.717, 1.165) is 79.1 Å². The van der Waals surface area contributed by atoms with E-state index < -0.39 is 11.7 Å². The summed E-state index contributed by atoms with van der Waals surface area (Å²) in [7, 11) is 0. The normalized spacial score (nSPS) is 17.0. The molecule has 2 aliphatic heterocycles. The number of halogens is 3. The highest BCUT2D eigenvalue weighted by Gasteiger charge is 2.30. The van der Waals surface area contributed by atoms with Gasteiger partial charge in [0.1, 0.15) is 11.9 Å². The van der Waals surface area contributed by atoms with Crippen molar-refractivity contribution in [2.75, 3.05) is 31.1 Å². The van der Waals surface area contributed by atoms with Gasteiger partial charge in [-0.2, -0.15) is 18.4 Å². The first-order chi connectivity index (χ1) is 21.2. The number of fused-ring (bicyclic) bond motifs is 1. The maximum absolute atomic E-state index is 13.0. The molecule has 0 aliphatic carbocycles. The van der Waals surface area contributed by atoms with E-state index in [0.29, 0.717) is 23.7 Å². The van der Waals surface area contributed by atoms with Crippen LogP contribution in [0, 0.1) is 11.3 Å². The van der Waals surface area contributed by atoms with Crippen LogP contribution >= 0.6 is 11.3 Å². The minimum absolute atomic E-state index is 0.00313. The number of rotatable bonds is 7. The highest BCUT2D eigenvalue weighted by atomic mass is 32.1. The van der Waals surface area contributed by atoms with Gasteiger partial charge in [-0.3, -0.25) is 9.69 Å². The van der Waals surface area contributed by atoms with E-state index in [1.807, 2.05) is 42.5 Å². The van der Waals surface area contributed by atoms with Crippen molar-refractivity contribution in [2.24, 2.45) is 0 Å². The summed E-state index contributed by atoms with van der Waals surface area (Å²) < 4.78 is 45.8. The predicted molar refractivity (Wildman–Crippen MR) is 164 cm³/mol. The lowest BCUT2D eigenvalue weighted by atomic mass is 10.0. The van der Waals surface area contributed by atoms with Gasteiger partial charge in [0, 0.05) is 57.3 Å². The van der Waals surface area contributed by atoms with E-state index in [2.05, 4.69) is 26.2 Å². The molecule has 1 aromatic heterocycles. The largest absolute Gasteiger partial charge is 0.490 e. The molecule has 4 aromatic rings. The fourth-order valence-corrected chi connectivity index (χ4v) is 6.68. The molecule has 2 saturated heterocycles. The van der Waals surface area contributed by atoms with Gasteiger partial charge in [-0.05, 0) is 73.0 Å². The van der Waals surface area contributed by atoms with Gasteiger partial charge in [0.25, 0.3) is 5.91 Å². The Morgan fingerprint density at radius 3 is 2.34 bits per heavy atom. The molecule has 0 spiro atoms. The zero-order chi connectivity index (χ0) is 30.7. The van der Waals surface area contributed by atoms with Gasteiger partial charge < -0.3 is 15.0 Å². The minimum atomic E-state index is -4.34. The van der Waals surface area contributed by atoms with E-state index in [-0.39, 0.29) is 18.1 Å². The van der Waals surface area contributed by atoms with E-state index in [1.54, 1.807) is 0 Å². The lowest BCUT2D eigenvalue weighted by Gasteiger charge is -2.33. The molecule has 3 aromatic carbocycles. The molecule has 0 atom stereocenters. The lowest BCUT2D eigenvalue weighted by Crippen LogP contribution is -2.44. The van der Waals surface area contributed by atoms with Gasteiger partial charge >= 0.3 is 6.18 Å². The molecule has 6 rings (SSSR count). The molecule has 0 bridgehead atoms. The molecule has 1 N–H and O–H groups in total. The number of carbonyl (C=O) groups is 1. The smallest absolute Gasteiger partial charge is 0.416 e. The third-order valence-electron chi connectivity index (χ3n) is 8.27. The number of nitrogens with one attached hydrogen (secondary N) is 1. The zero-order valence-corrected chi connectivity index (χ0v) is 24.8. The Hall–Kier alpha value is -4.14. The Morgan fingerprint density at radius 1 is 0.977 bits per heavy atom. The van der Waals surface area contributed by atoms with Crippen LogP contribution in [0.25, 0.3) is 10.2 Å². The summed E-state index contributed by atoms with van der Waals surface area (Å²) in [4.78, 5) is 22.0. The number of aromatic nitrogens is 1. The minimum Gasteiger partial charge on any atom is -0.490 e. The van der Waals surface area contributed by atoms with Crippen molar-refractivity contribution in [3.05, 3.63) is 88.4 Å². The van der Waals surface area contributed by atoms with Crippen LogP contribution in [0.2, 0.25) is 0 Å². The average molecular weight is 620 g/mol. The monoisotopic (exact) mass is 619 g/mol. The van der Waals surface area contributed by atoms with Crippen molar-refractivity contribution in [3.8, 4) is 11.8 Å². The van der Waals surface area contributed by atoms with Crippen molar-refractivity contribution >= 4 is 33.1 Å². The Morgan fingerprint density at radius 2 is 1.68 bits per heavy atom. The third-order valence-corrected chi connectivity index (χ3v) is 9.29. The molecule has 2 fully saturated rings. The molecule has 44 heavy (non-hydrogen) atoms. The van der Waals surface area contributed by atoms with Crippen molar-refractivity contribution in [1.82, 2.24) is 15.2 Å². The molecule has 2 aliphatic rings. The number of thiazole rings is 1. The van der Waals surface area contributed by atoms with Gasteiger partial charge in [-0.15, -0.1) is 11.3 Å². The van der Waals surface area contributed by atoms with E-state index in [9.17, 15) is 18.0 Å². The molecular weight excluding hydrogens is 587 g/mol. The molecule has 0 unspecified atom stereocenters. The summed E-state index contributed by atoms with van der Waals surface area (Å²) in [5.41, 5.74) is 2.72. The Bertz CT molecular complexity index is 1630. The fraction of sp³-hybridized carbons (Fsp3) is 0.364. The lowest BCUT2D eigenvalue weighted by molar-refractivity contribution is -0.137. The molecule has 228 valence electrons. The number of hydrogen-bond acceptors (Lipinski definition) is 7. The molecule has 1 amide bonds. The second-order valence-corrected chi connectivity index (χ2v) is 12.4. The molecule has 0 radical (unpaired) electrons. The summed E-state index contributed by atoms with van der Waals surface area (Å²) >= 11 is 1.35. The summed E-state index contributed by atoms with van der Waals surface area (Å²) in [5, 5.41) is 12.6. The van der Waals surface area contributed by atoms with Gasteiger partial charge in [0.05, 0.1) is 27.4 Å². The number of nitriles is 1. The summed E-state index contributed by atoms with van der Waals surface area (Å²) in [5.74, 6) is 0.561. The first kappa shape index (κ1) is 29.9. The van der Waals surface area contributed by atoms with Gasteiger partial charge in [0.15, 0.2) is 5.01 Å². The Balaban J connectivity index is 0.979. The van der Waals surface area contributed by atoms with Crippen molar-refractivity contribution < 1.29 is 22.7 Å². The quantitative estimate of drug-likeness (QED) is 0.250. The molecule has 0 saturated carbocycles. The van der Waals surface area contributed by atoms with Crippen LogP contribution in [0.4, 0.5) is 18.9 Å². The predicted octanol–water partition coefficient (Wildman–Crippen LogP) is 6.63. The van der Waals surface area contributed by atoms with Crippen molar-refractivity contribution in [3.63, 3.8) is 0 Å². The second-order valence-electron chi connectivity index (χ2n) is 11.3. The zero-order valence-electron chi connectivity index (χ0n) is 24.0. The summed E-state index contributed by atoms with van der Waals surface area (Å²) in [6.45, 7) is 3.98. The van der Waals surface area contributed by atoms with Crippen molar-refractivity contribution in [2.45, 2.75) is 50.6 Å². The molecule has 3 heterocycles. The van der Waals surface area contributed by atoms with Crippen LogP contribution in [0.5, 0.6) is 5.75 Å². The van der Waals surface area contributed by atoms with Crippen LogP contribution in [-0.4, -0.2) is 54.1 Å². The van der Waals surface area contributed by atoms with Crippen LogP contribution in [0.1, 0.15) is 52.2 Å². The Labute approximate surface area is 257 Å². The second kappa shape index (κ2) is 12.8. The number of alkyl halides is 3. The maximum atomic E-state index is 13.0. The highest BCUT2D eigenvalue weighted by Crippen LogP contribution is 2.32. The van der Waals surface area contributed by atoms with E-state index >= 15 is 0 Å². The number of piperidine rings is 2. The highest BCUT2D eigenvalue weighted by molar-refractivity contribution is 7.20. The molecular formula is C33H32F3N5O2S. The topological polar surface area (TPSA) is 81.5 Å². The number of likely N-dealkylation sites (tertiary alicyclic amines) is 1. The van der Waals surface area contributed by atoms with Crippen LogP contribution in [-0.2, 0) is 12.7 Å². The van der Waals surface area contributed by atoms with E-state index in [4.69, 9.17) is 10.00 Å². The van der Waals surface area contributed by atoms with Gasteiger partial charge in [0.2, 0.25) is 0 Å². The van der Waals surface area contributed by atoms with Crippen LogP contribution in [0.15, 0.2) is 66.7 Å². The number of carbonyl (C=O) groups excluding carboxylic acids is 1. The van der Waals surface area contributed by atoms with E-state index in [1.165, 1.54) is 29.0 Å². The average Bonchev–Trinajstić information content (AvgIpc) is 3.46. The Kier molecular flexibility index (Phi) is 8.73. The van der Waals surface area contributed by atoms with Crippen LogP contribution in [0.3, 0.4) is 0 Å². The first-order valence-electron chi connectivity index (χ1n) is 14.8. The summed E-state index contributed by atoms with van der Waals surface area (Å²) in [6.07, 6.45) is -1.11. The number of ether oxygens (including phenoxy) is 1. The molecule has 11 heteroatoms. The third kappa shape index (κ3) is 7.14. The number of hydrogen-bond donors (Lipinski definition) is 1.